The van der Waals surface area contributed by atoms with Gasteiger partial charge in [0, 0.05) is 73.7 Å². The molecule has 2 heterocycles. The third kappa shape index (κ3) is 6.17. The van der Waals surface area contributed by atoms with Crippen molar-refractivity contribution in [2.24, 2.45) is 0 Å². The maximum Gasteiger partial charge on any atom is 0.416 e. The van der Waals surface area contributed by atoms with Gasteiger partial charge < -0.3 is 33.3 Å². The summed E-state index contributed by atoms with van der Waals surface area (Å²) < 4.78 is 93.9. The van der Waals surface area contributed by atoms with Gasteiger partial charge in [-0.2, -0.15) is 13.2 Å². The van der Waals surface area contributed by atoms with Crippen LogP contribution in [0.1, 0.15) is 46.2 Å². The Kier molecular flexibility index (Phi) is 9.97. The molecule has 5 aromatic carbocycles. The fraction of sp³-hybridized carbons (Fsp3) is 0.333. The van der Waals surface area contributed by atoms with Crippen LogP contribution in [0.15, 0.2) is 84.9 Å². The number of nitrogens with zero attached hydrogens (tertiary/aromatic N) is 1. The van der Waals surface area contributed by atoms with Crippen LogP contribution in [0, 0.1) is 5.82 Å². The minimum Gasteiger partial charge on any atom is -0.493 e. The molecule has 56 heavy (non-hydrogen) atoms. The molecule has 7 nitrogen and oxygen atoms in total. The zero-order chi connectivity index (χ0) is 39.2. The van der Waals surface area contributed by atoms with E-state index in [0.29, 0.717) is 65.4 Å². The van der Waals surface area contributed by atoms with Crippen LogP contribution in [0.4, 0.5) is 23.2 Å². The third-order valence-electron chi connectivity index (χ3n) is 11.6. The number of benzene rings is 5. The van der Waals surface area contributed by atoms with Crippen LogP contribution in [-0.2, 0) is 31.4 Å². The Balaban J connectivity index is 1.44. The van der Waals surface area contributed by atoms with Crippen molar-refractivity contribution >= 4 is 22.5 Å². The predicted molar refractivity (Wildman–Crippen MR) is 208 cm³/mol. The molecule has 3 aliphatic rings. The predicted octanol–water partition coefficient (Wildman–Crippen LogP) is 9.54. The summed E-state index contributed by atoms with van der Waals surface area (Å²) in [6.07, 6.45) is 0.169. The summed E-state index contributed by atoms with van der Waals surface area (Å²) in [6.45, 7) is 3.39. The van der Waals surface area contributed by atoms with Crippen molar-refractivity contribution in [3.63, 3.8) is 0 Å². The second kappa shape index (κ2) is 14.8. The molecule has 1 fully saturated rings. The minimum atomic E-state index is -4.56. The first-order chi connectivity index (χ1) is 27.1. The number of hydrogen-bond acceptors (Lipinski definition) is 7. The van der Waals surface area contributed by atoms with Gasteiger partial charge in [0.2, 0.25) is 0 Å². The Hall–Kier alpha value is -5.10. The summed E-state index contributed by atoms with van der Waals surface area (Å²) >= 11 is 0. The fourth-order valence-electron chi connectivity index (χ4n) is 8.83. The van der Waals surface area contributed by atoms with E-state index in [-0.39, 0.29) is 19.0 Å². The van der Waals surface area contributed by atoms with E-state index in [0.717, 1.165) is 52.5 Å². The number of halogens is 4. The van der Waals surface area contributed by atoms with Crippen molar-refractivity contribution in [3.8, 4) is 28.4 Å². The highest BCUT2D eigenvalue weighted by molar-refractivity contribution is 6.09. The van der Waals surface area contributed by atoms with Gasteiger partial charge in [0.15, 0.2) is 17.1 Å². The summed E-state index contributed by atoms with van der Waals surface area (Å²) in [5, 5.41) is 1.40. The maximum absolute atomic E-state index is 14.5. The van der Waals surface area contributed by atoms with Gasteiger partial charge in [-0.25, -0.2) is 4.39 Å². The Labute approximate surface area is 323 Å². The average molecular weight is 770 g/mol. The number of hydrogen-bond donors (Lipinski definition) is 0. The molecule has 0 aromatic heterocycles. The third-order valence-corrected chi connectivity index (χ3v) is 11.6. The molecule has 0 radical (unpaired) electrons. The van der Waals surface area contributed by atoms with Gasteiger partial charge in [0.25, 0.3) is 0 Å². The Morgan fingerprint density at radius 2 is 1.36 bits per heavy atom. The lowest BCUT2D eigenvalue weighted by Gasteiger charge is -2.40. The van der Waals surface area contributed by atoms with Crippen LogP contribution in [0.5, 0.6) is 17.2 Å². The van der Waals surface area contributed by atoms with Gasteiger partial charge in [-0.05, 0) is 95.1 Å². The van der Waals surface area contributed by atoms with Crippen LogP contribution >= 0.6 is 0 Å². The molecule has 1 aliphatic carbocycles. The van der Waals surface area contributed by atoms with E-state index in [1.807, 2.05) is 36.4 Å². The van der Waals surface area contributed by atoms with Crippen LogP contribution in [0.25, 0.3) is 28.0 Å². The zero-order valence-electron chi connectivity index (χ0n) is 31.7. The van der Waals surface area contributed by atoms with Crippen molar-refractivity contribution in [1.82, 2.24) is 0 Å². The number of morpholine rings is 1. The van der Waals surface area contributed by atoms with Crippen molar-refractivity contribution in [2.45, 2.75) is 30.0 Å². The molecular weight excluding hydrogens is 726 g/mol. The molecule has 11 heteroatoms. The Morgan fingerprint density at radius 1 is 0.750 bits per heavy atom. The van der Waals surface area contributed by atoms with Crippen molar-refractivity contribution in [3.05, 3.63) is 124 Å². The molecule has 0 N–H and O–H groups in total. The highest BCUT2D eigenvalue weighted by Crippen LogP contribution is 2.62. The van der Waals surface area contributed by atoms with E-state index in [1.165, 1.54) is 18.2 Å². The molecule has 292 valence electrons. The van der Waals surface area contributed by atoms with Crippen LogP contribution in [0.2, 0.25) is 0 Å². The zero-order valence-corrected chi connectivity index (χ0v) is 31.7. The molecule has 0 saturated carbocycles. The van der Waals surface area contributed by atoms with Gasteiger partial charge in [-0.15, -0.1) is 0 Å². The number of fused-ring (bicyclic) bond motifs is 8. The summed E-state index contributed by atoms with van der Waals surface area (Å²) in [5.41, 5.74) is 3.17. The van der Waals surface area contributed by atoms with Crippen LogP contribution in [-0.4, -0.2) is 68.0 Å². The summed E-state index contributed by atoms with van der Waals surface area (Å²) in [4.78, 5) is 2.27. The standard InChI is InChI=1S/C45H43F4NO6/c1-51-21-17-43(18-22-52-2)37-25-30(45(47,48)49)9-14-33(37)40-35-26-38(53-3)39(54-4)27-36(35)42-34(41(40)43)15-16-44(56-42,28-5-10-31(46)11-6-28)29-7-12-32(13-8-29)50-19-23-55-24-20-50/h5-16,25-27H,17-24H2,1-4H3. The molecule has 1 saturated heterocycles. The van der Waals surface area contributed by atoms with Gasteiger partial charge in [-0.3, -0.25) is 0 Å². The van der Waals surface area contributed by atoms with Crippen molar-refractivity contribution in [1.29, 1.82) is 0 Å². The molecular formula is C45H43F4NO6. The lowest BCUT2D eigenvalue weighted by atomic mass is 9.70. The Morgan fingerprint density at radius 3 is 1.95 bits per heavy atom. The molecule has 0 spiro atoms. The maximum atomic E-state index is 14.5. The minimum absolute atomic E-state index is 0.275. The van der Waals surface area contributed by atoms with Crippen LogP contribution in [0.3, 0.4) is 0 Å². The van der Waals surface area contributed by atoms with Gasteiger partial charge in [0.05, 0.1) is 33.0 Å². The fourth-order valence-corrected chi connectivity index (χ4v) is 8.83. The Bertz CT molecular complexity index is 2270. The number of ether oxygens (including phenoxy) is 6. The smallest absolute Gasteiger partial charge is 0.416 e. The molecule has 8 rings (SSSR count). The quantitative estimate of drug-likeness (QED) is 0.124. The monoisotopic (exact) mass is 769 g/mol. The summed E-state index contributed by atoms with van der Waals surface area (Å²) in [7, 11) is 6.28. The normalized spacial score (nSPS) is 18.3. The van der Waals surface area contributed by atoms with E-state index in [9.17, 15) is 17.6 Å². The van der Waals surface area contributed by atoms with E-state index in [1.54, 1.807) is 46.6 Å². The first kappa shape index (κ1) is 37.8. The second-order valence-corrected chi connectivity index (χ2v) is 14.4. The molecule has 1 unspecified atom stereocenters. The first-order valence-corrected chi connectivity index (χ1v) is 18.6. The first-order valence-electron chi connectivity index (χ1n) is 18.6. The summed E-state index contributed by atoms with van der Waals surface area (Å²) in [6, 6.07) is 22.2. The number of rotatable bonds is 11. The van der Waals surface area contributed by atoms with Gasteiger partial charge >= 0.3 is 6.18 Å². The molecule has 0 amide bonds. The number of methoxy groups -OCH3 is 4. The van der Waals surface area contributed by atoms with E-state index in [2.05, 4.69) is 17.0 Å². The SMILES string of the molecule is COCCC1(CCOC)c2cc(C(F)(F)F)ccc2-c2c1c1c(c3cc(OC)c(OC)cc23)OC(c2ccc(F)cc2)(c2ccc(N3CCOCC3)cc2)C=C1. The molecule has 5 aromatic rings. The lowest BCUT2D eigenvalue weighted by molar-refractivity contribution is -0.137. The topological polar surface area (TPSA) is 58.6 Å². The van der Waals surface area contributed by atoms with E-state index in [4.69, 9.17) is 28.4 Å². The highest BCUT2D eigenvalue weighted by Gasteiger charge is 2.49. The van der Waals surface area contributed by atoms with E-state index < -0.39 is 22.8 Å². The second-order valence-electron chi connectivity index (χ2n) is 14.4. The average Bonchev–Trinajstić information content (AvgIpc) is 3.51. The lowest BCUT2D eigenvalue weighted by Crippen LogP contribution is -2.37. The van der Waals surface area contributed by atoms with Gasteiger partial charge in [-0.1, -0.05) is 36.4 Å². The largest absolute Gasteiger partial charge is 0.493 e. The van der Waals surface area contributed by atoms with Crippen molar-refractivity contribution < 1.29 is 46.0 Å². The molecule has 1 atom stereocenters. The van der Waals surface area contributed by atoms with E-state index >= 15 is 0 Å². The highest BCUT2D eigenvalue weighted by atomic mass is 19.4. The van der Waals surface area contributed by atoms with Crippen molar-refractivity contribution in [2.75, 3.05) is 72.9 Å². The molecule has 0 bridgehead atoms. The molecule has 2 aliphatic heterocycles. The number of anilines is 1. The van der Waals surface area contributed by atoms with Gasteiger partial charge in [0.1, 0.15) is 11.6 Å². The van der Waals surface area contributed by atoms with Crippen LogP contribution < -0.4 is 19.1 Å². The number of alkyl halides is 3. The summed E-state index contributed by atoms with van der Waals surface area (Å²) in [5.74, 6) is 1.03.